The highest BCUT2D eigenvalue weighted by molar-refractivity contribution is 6.25. The molecular weight excluding hydrogens is 434 g/mol. The molecule has 0 bridgehead atoms. The molecule has 10 heteroatoms. The van der Waals surface area contributed by atoms with Crippen molar-refractivity contribution in [1.82, 2.24) is 20.4 Å². The molecule has 172 valence electrons. The Morgan fingerprint density at radius 3 is 2.28 bits per heavy atom. The summed E-state index contributed by atoms with van der Waals surface area (Å²) in [5, 5.41) is 5.63. The van der Waals surface area contributed by atoms with E-state index in [1.165, 1.54) is 0 Å². The van der Waals surface area contributed by atoms with Crippen LogP contribution in [0.4, 0.5) is 5.69 Å². The predicted octanol–water partition coefficient (Wildman–Crippen LogP) is 0.384. The number of benzene rings is 1. The molecule has 1 unspecified atom stereocenters. The molecule has 0 saturated carbocycles. The smallest absolute Gasteiger partial charge is 0.264 e. The SMILES string of the molecule is Cl.O=C1CCC(N2C(=O)c3cccc(N4CCC(N5CCNCC5)CC4)c3C2=O)C(=O)N1. The third-order valence-corrected chi connectivity index (χ3v) is 6.92. The van der Waals surface area contributed by atoms with Gasteiger partial charge in [0.25, 0.3) is 11.8 Å². The van der Waals surface area contributed by atoms with Gasteiger partial charge in [0.2, 0.25) is 11.8 Å². The van der Waals surface area contributed by atoms with Crippen molar-refractivity contribution in [2.75, 3.05) is 44.2 Å². The first kappa shape index (κ1) is 22.7. The van der Waals surface area contributed by atoms with E-state index in [0.29, 0.717) is 17.2 Å². The van der Waals surface area contributed by atoms with Crippen molar-refractivity contribution >= 4 is 41.7 Å². The Morgan fingerprint density at radius 2 is 1.59 bits per heavy atom. The molecule has 4 amide bonds. The number of carbonyl (C=O) groups is 4. The first-order valence-electron chi connectivity index (χ1n) is 11.1. The standard InChI is InChI=1S/C22H27N5O4.ClH/c28-18-5-4-17(20(29)24-18)27-21(30)15-2-1-3-16(19(15)22(27)31)26-10-6-14(7-11-26)25-12-8-23-9-13-25;/h1-3,14,17,23H,4-13H2,(H,24,28,29);1H. The molecule has 5 rings (SSSR count). The second-order valence-corrected chi connectivity index (χ2v) is 8.65. The molecule has 0 aliphatic carbocycles. The van der Waals surface area contributed by atoms with Crippen molar-refractivity contribution in [2.45, 2.75) is 37.8 Å². The maximum absolute atomic E-state index is 13.3. The quantitative estimate of drug-likeness (QED) is 0.627. The van der Waals surface area contributed by atoms with Crippen LogP contribution in [0.5, 0.6) is 0 Å². The molecule has 1 atom stereocenters. The number of nitrogens with zero attached hydrogens (tertiary/aromatic N) is 3. The maximum Gasteiger partial charge on any atom is 0.264 e. The average molecular weight is 462 g/mol. The van der Waals surface area contributed by atoms with Gasteiger partial charge in [-0.25, -0.2) is 0 Å². The second kappa shape index (κ2) is 9.17. The van der Waals surface area contributed by atoms with E-state index >= 15 is 0 Å². The Labute approximate surface area is 192 Å². The van der Waals surface area contributed by atoms with Gasteiger partial charge in [-0.1, -0.05) is 6.07 Å². The fourth-order valence-electron chi connectivity index (χ4n) is 5.28. The number of hydrogen-bond donors (Lipinski definition) is 2. The van der Waals surface area contributed by atoms with E-state index < -0.39 is 23.8 Å². The number of halogens is 1. The molecule has 3 saturated heterocycles. The van der Waals surface area contributed by atoms with Crippen molar-refractivity contribution in [3.8, 4) is 0 Å². The first-order valence-corrected chi connectivity index (χ1v) is 11.1. The molecule has 9 nitrogen and oxygen atoms in total. The van der Waals surface area contributed by atoms with Crippen LogP contribution in [0.2, 0.25) is 0 Å². The van der Waals surface area contributed by atoms with Crippen LogP contribution in [-0.4, -0.2) is 84.8 Å². The van der Waals surface area contributed by atoms with Gasteiger partial charge < -0.3 is 10.2 Å². The van der Waals surface area contributed by atoms with Gasteiger partial charge in [0.1, 0.15) is 6.04 Å². The zero-order valence-corrected chi connectivity index (χ0v) is 18.7. The van der Waals surface area contributed by atoms with Gasteiger partial charge >= 0.3 is 0 Å². The molecule has 0 spiro atoms. The summed E-state index contributed by atoms with van der Waals surface area (Å²) in [7, 11) is 0. The van der Waals surface area contributed by atoms with Crippen LogP contribution in [0.25, 0.3) is 0 Å². The average Bonchev–Trinajstić information content (AvgIpc) is 3.05. The van der Waals surface area contributed by atoms with Crippen LogP contribution in [0, 0.1) is 0 Å². The van der Waals surface area contributed by atoms with Crippen LogP contribution < -0.4 is 15.5 Å². The Hall–Kier alpha value is -2.49. The number of nitrogens with one attached hydrogen (secondary N) is 2. The van der Waals surface area contributed by atoms with Crippen molar-refractivity contribution in [3.63, 3.8) is 0 Å². The fourth-order valence-corrected chi connectivity index (χ4v) is 5.28. The summed E-state index contributed by atoms with van der Waals surface area (Å²) < 4.78 is 0. The second-order valence-electron chi connectivity index (χ2n) is 8.65. The lowest BCUT2D eigenvalue weighted by Gasteiger charge is -2.41. The molecule has 2 N–H and O–H groups in total. The molecule has 1 aromatic rings. The summed E-state index contributed by atoms with van der Waals surface area (Å²) in [5.74, 6) is -1.84. The van der Waals surface area contributed by atoms with Crippen LogP contribution >= 0.6 is 12.4 Å². The molecule has 3 fully saturated rings. The number of piperidine rings is 2. The monoisotopic (exact) mass is 461 g/mol. The lowest BCUT2D eigenvalue weighted by atomic mass is 9.99. The van der Waals surface area contributed by atoms with E-state index in [4.69, 9.17) is 0 Å². The number of piperazine rings is 1. The summed E-state index contributed by atoms with van der Waals surface area (Å²) in [4.78, 5) is 55.9. The zero-order valence-electron chi connectivity index (χ0n) is 17.8. The summed E-state index contributed by atoms with van der Waals surface area (Å²) in [5.41, 5.74) is 1.50. The van der Waals surface area contributed by atoms with Crippen LogP contribution in [0.1, 0.15) is 46.4 Å². The van der Waals surface area contributed by atoms with Gasteiger partial charge in [0.15, 0.2) is 0 Å². The highest BCUT2D eigenvalue weighted by atomic mass is 35.5. The third kappa shape index (κ3) is 3.89. The van der Waals surface area contributed by atoms with E-state index in [-0.39, 0.29) is 31.2 Å². The Morgan fingerprint density at radius 1 is 0.875 bits per heavy atom. The number of hydrogen-bond acceptors (Lipinski definition) is 7. The molecule has 1 aromatic carbocycles. The topological polar surface area (TPSA) is 102 Å². The molecule has 4 aliphatic rings. The summed E-state index contributed by atoms with van der Waals surface area (Å²) in [6.07, 6.45) is 2.32. The highest BCUT2D eigenvalue weighted by Crippen LogP contribution is 2.35. The molecular formula is C22H28ClN5O4. The number of fused-ring (bicyclic) bond motifs is 1. The zero-order chi connectivity index (χ0) is 21.5. The van der Waals surface area contributed by atoms with E-state index in [0.717, 1.165) is 62.7 Å². The highest BCUT2D eigenvalue weighted by Gasteiger charge is 2.46. The van der Waals surface area contributed by atoms with E-state index in [2.05, 4.69) is 20.4 Å². The minimum atomic E-state index is -0.934. The van der Waals surface area contributed by atoms with Gasteiger partial charge in [-0.05, 0) is 31.4 Å². The number of carbonyl (C=O) groups excluding carboxylic acids is 4. The first-order chi connectivity index (χ1) is 15.0. The predicted molar refractivity (Wildman–Crippen MR) is 120 cm³/mol. The van der Waals surface area contributed by atoms with Gasteiger partial charge in [-0.3, -0.25) is 34.3 Å². The molecule has 0 aromatic heterocycles. The number of anilines is 1. The van der Waals surface area contributed by atoms with Gasteiger partial charge in [0.05, 0.1) is 16.8 Å². The number of amides is 4. The molecule has 0 radical (unpaired) electrons. The van der Waals surface area contributed by atoms with Crippen LogP contribution in [0.3, 0.4) is 0 Å². The Balaban J connectivity index is 0.00000245. The molecule has 4 aliphatic heterocycles. The van der Waals surface area contributed by atoms with Gasteiger partial charge in [-0.2, -0.15) is 0 Å². The minimum Gasteiger partial charge on any atom is -0.371 e. The van der Waals surface area contributed by atoms with E-state index in [9.17, 15) is 19.2 Å². The summed E-state index contributed by atoms with van der Waals surface area (Å²) in [6, 6.07) is 4.96. The summed E-state index contributed by atoms with van der Waals surface area (Å²) in [6.45, 7) is 5.84. The maximum atomic E-state index is 13.3. The largest absolute Gasteiger partial charge is 0.371 e. The molecule has 4 heterocycles. The van der Waals surface area contributed by atoms with Gasteiger partial charge in [0, 0.05) is 51.7 Å². The lowest BCUT2D eigenvalue weighted by Crippen LogP contribution is -2.54. The molecule has 32 heavy (non-hydrogen) atoms. The van der Waals surface area contributed by atoms with Crippen LogP contribution in [0.15, 0.2) is 18.2 Å². The normalized spacial score (nSPS) is 24.9. The van der Waals surface area contributed by atoms with Crippen molar-refractivity contribution in [3.05, 3.63) is 29.3 Å². The number of rotatable bonds is 3. The fraction of sp³-hybridized carbons (Fsp3) is 0.545. The lowest BCUT2D eigenvalue weighted by molar-refractivity contribution is -0.136. The van der Waals surface area contributed by atoms with E-state index in [1.807, 2.05) is 6.07 Å². The minimum absolute atomic E-state index is 0. The van der Waals surface area contributed by atoms with Crippen molar-refractivity contribution in [1.29, 1.82) is 0 Å². The van der Waals surface area contributed by atoms with Gasteiger partial charge in [-0.15, -0.1) is 12.4 Å². The van der Waals surface area contributed by atoms with Crippen molar-refractivity contribution < 1.29 is 19.2 Å². The number of imide groups is 2. The Kier molecular flexibility index (Phi) is 6.50. The van der Waals surface area contributed by atoms with Crippen LogP contribution in [-0.2, 0) is 9.59 Å². The summed E-state index contributed by atoms with van der Waals surface area (Å²) >= 11 is 0. The van der Waals surface area contributed by atoms with E-state index in [1.54, 1.807) is 12.1 Å². The third-order valence-electron chi connectivity index (χ3n) is 6.92. The Bertz CT molecular complexity index is 940. The van der Waals surface area contributed by atoms with Crippen molar-refractivity contribution in [2.24, 2.45) is 0 Å².